The van der Waals surface area contributed by atoms with Gasteiger partial charge >= 0.3 is 0 Å². The molecule has 1 heterocycles. The molecule has 0 amide bonds. The number of aromatic nitrogens is 1. The second-order valence-corrected chi connectivity index (χ2v) is 6.52. The van der Waals surface area contributed by atoms with Crippen LogP contribution in [0.25, 0.3) is 16.5 Å². The number of allylic oxidation sites excluding steroid dienone is 2. The lowest BCUT2D eigenvalue weighted by atomic mass is 9.99. The minimum atomic E-state index is 0.626. The molecule has 4 rings (SSSR count). The van der Waals surface area contributed by atoms with Gasteiger partial charge in [-0.25, -0.2) is 0 Å². The van der Waals surface area contributed by atoms with Crippen molar-refractivity contribution in [1.82, 2.24) is 4.57 Å². The van der Waals surface area contributed by atoms with Crippen molar-refractivity contribution < 1.29 is 0 Å². The van der Waals surface area contributed by atoms with Gasteiger partial charge in [0.1, 0.15) is 0 Å². The molecule has 31 heavy (non-hydrogen) atoms. The second kappa shape index (κ2) is 17.4. The number of rotatable bonds is 0. The SMILES string of the molecule is CC.CC.CC.CC.CC1=C(C)C(C)c2ccccc21.Cc1cc2ccccc2n1C. The molecular weight excluding hydrogens is 374 g/mol. The van der Waals surface area contributed by atoms with Crippen LogP contribution in [0, 0.1) is 6.92 Å². The Morgan fingerprint density at radius 1 is 0.677 bits per heavy atom. The van der Waals surface area contributed by atoms with E-state index in [2.05, 4.69) is 93.9 Å². The van der Waals surface area contributed by atoms with Crippen molar-refractivity contribution in [2.45, 2.75) is 89.0 Å². The minimum absolute atomic E-state index is 0.626. The van der Waals surface area contributed by atoms with Crippen LogP contribution in [-0.4, -0.2) is 4.57 Å². The van der Waals surface area contributed by atoms with Gasteiger partial charge in [-0.2, -0.15) is 0 Å². The van der Waals surface area contributed by atoms with E-state index in [1.54, 1.807) is 0 Å². The third-order valence-electron chi connectivity index (χ3n) is 5.26. The molecular formula is C30H49N. The fraction of sp³-hybridized carbons (Fsp3) is 0.467. The van der Waals surface area contributed by atoms with E-state index in [-0.39, 0.29) is 0 Å². The highest BCUT2D eigenvalue weighted by Crippen LogP contribution is 2.40. The Hall–Kier alpha value is -2.28. The van der Waals surface area contributed by atoms with Crippen molar-refractivity contribution in [1.29, 1.82) is 0 Å². The first kappa shape index (κ1) is 30.9. The Balaban J connectivity index is 0. The standard InChI is InChI=1S/C12H14.C10H11N.4C2H6/c1-8-9(2)11-6-4-5-7-12(11)10(8)3;1-8-7-9-5-3-4-6-10(9)11(8)2;4*1-2/h4-7,9H,1-3H3;3-7H,1-2H3;4*1-2H3. The van der Waals surface area contributed by atoms with Gasteiger partial charge in [0.2, 0.25) is 0 Å². The molecule has 0 saturated heterocycles. The Kier molecular flexibility index (Phi) is 17.4. The number of para-hydroxylation sites is 1. The first-order valence-corrected chi connectivity index (χ1v) is 12.3. The van der Waals surface area contributed by atoms with E-state index in [9.17, 15) is 0 Å². The zero-order chi connectivity index (χ0) is 24.6. The molecule has 1 aliphatic rings. The van der Waals surface area contributed by atoms with Gasteiger partial charge < -0.3 is 4.57 Å². The lowest BCUT2D eigenvalue weighted by Crippen LogP contribution is -1.88. The van der Waals surface area contributed by atoms with Crippen LogP contribution in [0.3, 0.4) is 0 Å². The van der Waals surface area contributed by atoms with E-state index in [1.807, 2.05) is 55.4 Å². The number of nitrogens with zero attached hydrogens (tertiary/aromatic N) is 1. The third-order valence-corrected chi connectivity index (χ3v) is 5.26. The van der Waals surface area contributed by atoms with E-state index in [0.717, 1.165) is 0 Å². The van der Waals surface area contributed by atoms with Crippen LogP contribution in [-0.2, 0) is 7.05 Å². The third kappa shape index (κ3) is 8.05. The molecule has 2 aromatic carbocycles. The van der Waals surface area contributed by atoms with Crippen LogP contribution in [0.15, 0.2) is 60.2 Å². The van der Waals surface area contributed by atoms with Crippen LogP contribution in [0.4, 0.5) is 0 Å². The lowest BCUT2D eigenvalue weighted by molar-refractivity contribution is 0.918. The van der Waals surface area contributed by atoms with Gasteiger partial charge in [-0.3, -0.25) is 0 Å². The molecule has 1 atom stereocenters. The van der Waals surface area contributed by atoms with Gasteiger partial charge in [-0.05, 0) is 55.0 Å². The molecule has 174 valence electrons. The van der Waals surface area contributed by atoms with Crippen molar-refractivity contribution in [2.24, 2.45) is 7.05 Å². The molecule has 1 aliphatic carbocycles. The van der Waals surface area contributed by atoms with Gasteiger partial charge in [0.25, 0.3) is 0 Å². The summed E-state index contributed by atoms with van der Waals surface area (Å²) in [7, 11) is 2.09. The predicted octanol–water partition coefficient (Wildman–Crippen LogP) is 10.2. The quantitative estimate of drug-likeness (QED) is 0.339. The summed E-state index contributed by atoms with van der Waals surface area (Å²) in [5.41, 5.74) is 8.56. The summed E-state index contributed by atoms with van der Waals surface area (Å²) < 4.78 is 2.20. The first-order valence-electron chi connectivity index (χ1n) is 12.3. The summed E-state index contributed by atoms with van der Waals surface area (Å²) >= 11 is 0. The predicted molar refractivity (Wildman–Crippen MR) is 146 cm³/mol. The summed E-state index contributed by atoms with van der Waals surface area (Å²) in [6.07, 6.45) is 0. The Morgan fingerprint density at radius 3 is 1.68 bits per heavy atom. The molecule has 0 bridgehead atoms. The molecule has 3 aromatic rings. The first-order chi connectivity index (χ1) is 15.0. The molecule has 0 fully saturated rings. The molecule has 0 saturated carbocycles. The van der Waals surface area contributed by atoms with Gasteiger partial charge in [-0.15, -0.1) is 0 Å². The minimum Gasteiger partial charge on any atom is -0.348 e. The van der Waals surface area contributed by atoms with Crippen LogP contribution >= 0.6 is 0 Å². The van der Waals surface area contributed by atoms with E-state index >= 15 is 0 Å². The van der Waals surface area contributed by atoms with Crippen LogP contribution in [0.2, 0.25) is 0 Å². The summed E-state index contributed by atoms with van der Waals surface area (Å²) in [5, 5.41) is 1.33. The normalized spacial score (nSPS) is 12.9. The average molecular weight is 424 g/mol. The Morgan fingerprint density at radius 2 is 1.16 bits per heavy atom. The van der Waals surface area contributed by atoms with Crippen LogP contribution in [0.1, 0.15) is 98.9 Å². The molecule has 0 radical (unpaired) electrons. The van der Waals surface area contributed by atoms with Crippen molar-refractivity contribution in [3.05, 3.63) is 77.0 Å². The fourth-order valence-corrected chi connectivity index (χ4v) is 3.41. The summed E-state index contributed by atoms with van der Waals surface area (Å²) in [6.45, 7) is 24.9. The summed E-state index contributed by atoms with van der Waals surface area (Å²) in [6, 6.07) is 19.3. The van der Waals surface area contributed by atoms with Crippen molar-refractivity contribution >= 4 is 16.5 Å². The number of aryl methyl sites for hydroxylation is 2. The largest absolute Gasteiger partial charge is 0.348 e. The van der Waals surface area contributed by atoms with Gasteiger partial charge in [-0.1, -0.05) is 110 Å². The Bertz CT molecular complexity index is 880. The summed E-state index contributed by atoms with van der Waals surface area (Å²) in [4.78, 5) is 0. The lowest BCUT2D eigenvalue weighted by Gasteiger charge is -2.05. The van der Waals surface area contributed by atoms with Gasteiger partial charge in [0.05, 0.1) is 0 Å². The maximum Gasteiger partial charge on any atom is 0.0479 e. The van der Waals surface area contributed by atoms with E-state index < -0.39 is 0 Å². The highest BCUT2D eigenvalue weighted by Gasteiger charge is 2.21. The monoisotopic (exact) mass is 423 g/mol. The van der Waals surface area contributed by atoms with Crippen molar-refractivity contribution in [3.8, 4) is 0 Å². The second-order valence-electron chi connectivity index (χ2n) is 6.52. The molecule has 0 aliphatic heterocycles. The van der Waals surface area contributed by atoms with Gasteiger partial charge in [0.15, 0.2) is 0 Å². The molecule has 1 nitrogen and oxygen atoms in total. The van der Waals surface area contributed by atoms with Crippen LogP contribution in [0.5, 0.6) is 0 Å². The topological polar surface area (TPSA) is 4.93 Å². The number of fused-ring (bicyclic) bond motifs is 2. The van der Waals surface area contributed by atoms with Crippen molar-refractivity contribution in [3.63, 3.8) is 0 Å². The fourth-order valence-electron chi connectivity index (χ4n) is 3.41. The van der Waals surface area contributed by atoms with E-state index in [0.29, 0.717) is 5.92 Å². The molecule has 1 unspecified atom stereocenters. The van der Waals surface area contributed by atoms with E-state index in [1.165, 1.54) is 38.9 Å². The average Bonchev–Trinajstić information content (AvgIpc) is 3.27. The zero-order valence-corrected chi connectivity index (χ0v) is 22.7. The molecule has 0 spiro atoms. The Labute approximate surface area is 194 Å². The van der Waals surface area contributed by atoms with Gasteiger partial charge in [0, 0.05) is 24.2 Å². The highest BCUT2D eigenvalue weighted by molar-refractivity contribution is 5.81. The smallest absolute Gasteiger partial charge is 0.0479 e. The van der Waals surface area contributed by atoms with Crippen molar-refractivity contribution in [2.75, 3.05) is 0 Å². The number of hydrogen-bond donors (Lipinski definition) is 0. The van der Waals surface area contributed by atoms with Crippen LogP contribution < -0.4 is 0 Å². The molecule has 0 N–H and O–H groups in total. The molecule has 1 heteroatoms. The number of hydrogen-bond acceptors (Lipinski definition) is 0. The molecule has 1 aromatic heterocycles. The maximum atomic E-state index is 2.28. The van der Waals surface area contributed by atoms with E-state index in [4.69, 9.17) is 0 Å². The maximum absolute atomic E-state index is 2.28. The highest BCUT2D eigenvalue weighted by atomic mass is 14.9. The summed E-state index contributed by atoms with van der Waals surface area (Å²) in [5.74, 6) is 0.626. The zero-order valence-electron chi connectivity index (χ0n) is 22.7. The number of benzene rings is 2.